The Balaban J connectivity index is 2.41. The van der Waals surface area contributed by atoms with Crippen LogP contribution in [0.4, 0.5) is 13.2 Å². The molecule has 0 saturated carbocycles. The van der Waals surface area contributed by atoms with E-state index in [2.05, 4.69) is 20.1 Å². The highest BCUT2D eigenvalue weighted by Crippen LogP contribution is 2.34. The van der Waals surface area contributed by atoms with Gasteiger partial charge in [0.1, 0.15) is 6.07 Å². The molecule has 0 atom stereocenters. The van der Waals surface area contributed by atoms with E-state index in [9.17, 15) is 13.2 Å². The van der Waals surface area contributed by atoms with Crippen LogP contribution in [0, 0.1) is 11.3 Å². The van der Waals surface area contributed by atoms with Gasteiger partial charge in [0, 0.05) is 23.9 Å². The molecule has 0 amide bonds. The summed E-state index contributed by atoms with van der Waals surface area (Å²) < 4.78 is 39.1. The third-order valence-electron chi connectivity index (χ3n) is 3.35. The van der Waals surface area contributed by atoms with Crippen molar-refractivity contribution in [3.8, 4) is 17.3 Å². The molecule has 0 aliphatic rings. The van der Waals surface area contributed by atoms with Crippen molar-refractivity contribution >= 4 is 0 Å². The average Bonchev–Trinajstić information content (AvgIpc) is 2.94. The molecule has 0 aliphatic heterocycles. The number of aromatic amines is 1. The minimum absolute atomic E-state index is 0.258. The number of nitriles is 1. The maximum Gasteiger partial charge on any atom is 0.419 e. The first-order valence-electron chi connectivity index (χ1n) is 7.05. The van der Waals surface area contributed by atoms with Crippen molar-refractivity contribution in [3.05, 3.63) is 35.3 Å². The summed E-state index contributed by atoms with van der Waals surface area (Å²) in [4.78, 5) is 5.69. The largest absolute Gasteiger partial charge is 0.419 e. The number of halogens is 3. The summed E-state index contributed by atoms with van der Waals surface area (Å²) in [5.41, 5.74) is -0.157. The number of aromatic nitrogens is 3. The van der Waals surface area contributed by atoms with E-state index in [1.165, 1.54) is 12.3 Å². The van der Waals surface area contributed by atoms with Crippen molar-refractivity contribution in [3.63, 3.8) is 0 Å². The highest BCUT2D eigenvalue weighted by molar-refractivity contribution is 5.63. The lowest BCUT2D eigenvalue weighted by Crippen LogP contribution is -2.18. The minimum atomic E-state index is -4.63. The number of hydrogen-bond acceptors (Lipinski definition) is 4. The summed E-state index contributed by atoms with van der Waals surface area (Å²) >= 11 is 0. The van der Waals surface area contributed by atoms with Crippen LogP contribution in [0.5, 0.6) is 0 Å². The Bertz CT molecular complexity index is 715. The lowest BCUT2D eigenvalue weighted by molar-refractivity contribution is -0.138. The van der Waals surface area contributed by atoms with Crippen molar-refractivity contribution in [1.29, 1.82) is 5.26 Å². The maximum absolute atomic E-state index is 13.0. The molecule has 0 fully saturated rings. The van der Waals surface area contributed by atoms with Gasteiger partial charge in [0.2, 0.25) is 0 Å². The molecule has 122 valence electrons. The summed E-state index contributed by atoms with van der Waals surface area (Å²) in [5, 5.41) is 15.4. The van der Waals surface area contributed by atoms with Crippen molar-refractivity contribution in [2.75, 3.05) is 13.6 Å². The van der Waals surface area contributed by atoms with Crippen LogP contribution in [0.3, 0.4) is 0 Å². The first-order valence-corrected chi connectivity index (χ1v) is 7.05. The molecule has 23 heavy (non-hydrogen) atoms. The van der Waals surface area contributed by atoms with E-state index in [0.29, 0.717) is 12.2 Å². The van der Waals surface area contributed by atoms with Gasteiger partial charge in [0.25, 0.3) is 0 Å². The molecule has 0 aromatic carbocycles. The summed E-state index contributed by atoms with van der Waals surface area (Å²) in [5.74, 6) is 0. The van der Waals surface area contributed by atoms with Crippen molar-refractivity contribution in [2.24, 2.45) is 0 Å². The van der Waals surface area contributed by atoms with Gasteiger partial charge in [-0.25, -0.2) is 4.98 Å². The Hall–Kier alpha value is -2.40. The van der Waals surface area contributed by atoms with Crippen LogP contribution in [-0.2, 0) is 12.7 Å². The molecule has 8 heteroatoms. The predicted molar refractivity (Wildman–Crippen MR) is 78.2 cm³/mol. The van der Waals surface area contributed by atoms with E-state index in [-0.39, 0.29) is 5.56 Å². The molecule has 0 unspecified atom stereocenters. The summed E-state index contributed by atoms with van der Waals surface area (Å²) in [7, 11) is 1.93. The lowest BCUT2D eigenvalue weighted by atomic mass is 10.1. The number of nitrogens with zero attached hydrogens (tertiary/aromatic N) is 4. The zero-order valence-corrected chi connectivity index (χ0v) is 12.8. The quantitative estimate of drug-likeness (QED) is 0.917. The molecule has 2 heterocycles. The molecular weight excluding hydrogens is 307 g/mol. The van der Waals surface area contributed by atoms with Gasteiger partial charge < -0.3 is 4.90 Å². The van der Waals surface area contributed by atoms with Gasteiger partial charge >= 0.3 is 6.18 Å². The molecule has 0 bridgehead atoms. The smallest absolute Gasteiger partial charge is 0.302 e. The molecule has 0 saturated heterocycles. The van der Waals surface area contributed by atoms with Crippen molar-refractivity contribution < 1.29 is 13.2 Å². The minimum Gasteiger partial charge on any atom is -0.302 e. The van der Waals surface area contributed by atoms with Crippen LogP contribution in [0.2, 0.25) is 0 Å². The number of pyridine rings is 1. The van der Waals surface area contributed by atoms with Crippen LogP contribution >= 0.6 is 0 Å². The monoisotopic (exact) mass is 323 g/mol. The van der Waals surface area contributed by atoms with Crippen LogP contribution in [-0.4, -0.2) is 33.7 Å². The molecule has 0 aliphatic carbocycles. The second kappa shape index (κ2) is 6.79. The fourth-order valence-electron chi connectivity index (χ4n) is 2.34. The van der Waals surface area contributed by atoms with Crippen LogP contribution in [0.1, 0.15) is 30.2 Å². The molecule has 2 aromatic heterocycles. The van der Waals surface area contributed by atoms with E-state index in [0.717, 1.165) is 24.6 Å². The van der Waals surface area contributed by atoms with Gasteiger partial charge in [-0.3, -0.25) is 5.10 Å². The fraction of sp³-hybridized carbons (Fsp3) is 0.400. The van der Waals surface area contributed by atoms with Crippen LogP contribution in [0.15, 0.2) is 18.5 Å². The standard InChI is InChI=1S/C15H16F3N5/c1-3-4-23(2)9-11-8-21-22-14(11)10-5-12(15(16,17)18)13(6-19)20-7-10/h5,7-8H,3-4,9H2,1-2H3,(H,21,22). The van der Waals surface area contributed by atoms with Gasteiger partial charge in [-0.05, 0) is 26.1 Å². The summed E-state index contributed by atoms with van der Waals surface area (Å²) in [6.07, 6.45) is -0.814. The zero-order valence-electron chi connectivity index (χ0n) is 12.8. The third-order valence-corrected chi connectivity index (χ3v) is 3.35. The molecule has 2 aromatic rings. The van der Waals surface area contributed by atoms with Gasteiger partial charge in [-0.2, -0.15) is 23.5 Å². The van der Waals surface area contributed by atoms with Crippen molar-refractivity contribution in [2.45, 2.75) is 26.1 Å². The SMILES string of the molecule is CCCN(C)Cc1cn[nH]c1-c1cnc(C#N)c(C(F)(F)F)c1. The molecule has 0 spiro atoms. The Morgan fingerprint density at radius 1 is 1.35 bits per heavy atom. The van der Waals surface area contributed by atoms with Crippen LogP contribution in [0.25, 0.3) is 11.3 Å². The fourth-order valence-corrected chi connectivity index (χ4v) is 2.34. The van der Waals surface area contributed by atoms with Crippen LogP contribution < -0.4 is 0 Å². The van der Waals surface area contributed by atoms with E-state index < -0.39 is 17.4 Å². The van der Waals surface area contributed by atoms with E-state index in [4.69, 9.17) is 5.26 Å². The van der Waals surface area contributed by atoms with E-state index in [1.54, 1.807) is 6.20 Å². The summed E-state index contributed by atoms with van der Waals surface area (Å²) in [6.45, 7) is 3.47. The molecule has 2 rings (SSSR count). The number of alkyl halides is 3. The average molecular weight is 323 g/mol. The summed E-state index contributed by atoms with van der Waals surface area (Å²) in [6, 6.07) is 2.41. The number of rotatable bonds is 5. The Labute approximate surface area is 131 Å². The maximum atomic E-state index is 13.0. The number of H-pyrrole nitrogens is 1. The Morgan fingerprint density at radius 3 is 2.70 bits per heavy atom. The number of hydrogen-bond donors (Lipinski definition) is 1. The van der Waals surface area contributed by atoms with Crippen molar-refractivity contribution in [1.82, 2.24) is 20.1 Å². The lowest BCUT2D eigenvalue weighted by Gasteiger charge is -2.15. The normalized spacial score (nSPS) is 11.7. The molecular formula is C15H16F3N5. The first-order chi connectivity index (χ1) is 10.9. The molecule has 5 nitrogen and oxygen atoms in total. The van der Waals surface area contributed by atoms with Gasteiger partial charge in [0.15, 0.2) is 5.69 Å². The van der Waals surface area contributed by atoms with Gasteiger partial charge in [-0.1, -0.05) is 6.92 Å². The third kappa shape index (κ3) is 3.87. The second-order valence-corrected chi connectivity index (χ2v) is 5.24. The van der Waals surface area contributed by atoms with E-state index >= 15 is 0 Å². The Kier molecular flexibility index (Phi) is 5.01. The van der Waals surface area contributed by atoms with Gasteiger partial charge in [-0.15, -0.1) is 0 Å². The zero-order chi connectivity index (χ0) is 17.0. The molecule has 1 N–H and O–H groups in total. The number of nitrogens with one attached hydrogen (secondary N) is 1. The second-order valence-electron chi connectivity index (χ2n) is 5.24. The first kappa shape index (κ1) is 17.0. The highest BCUT2D eigenvalue weighted by atomic mass is 19.4. The topological polar surface area (TPSA) is 68.6 Å². The highest BCUT2D eigenvalue weighted by Gasteiger charge is 2.35. The molecule has 0 radical (unpaired) electrons. The van der Waals surface area contributed by atoms with Gasteiger partial charge in [0.05, 0.1) is 17.5 Å². The predicted octanol–water partition coefficient (Wildman–Crippen LogP) is 3.20. The van der Waals surface area contributed by atoms with E-state index in [1.807, 2.05) is 14.0 Å². The Morgan fingerprint density at radius 2 is 2.09 bits per heavy atom.